The Bertz CT molecular complexity index is 1250. The molecule has 0 saturated carbocycles. The van der Waals surface area contributed by atoms with Crippen molar-refractivity contribution in [1.29, 1.82) is 0 Å². The quantitative estimate of drug-likeness (QED) is 0.463. The van der Waals surface area contributed by atoms with E-state index in [1.807, 2.05) is 13.0 Å². The van der Waals surface area contributed by atoms with Gasteiger partial charge in [0.25, 0.3) is 0 Å². The van der Waals surface area contributed by atoms with Crippen LogP contribution in [0.2, 0.25) is 0 Å². The minimum absolute atomic E-state index is 0.0408. The van der Waals surface area contributed by atoms with Crippen LogP contribution in [0.15, 0.2) is 56.6 Å². The van der Waals surface area contributed by atoms with Gasteiger partial charge in [0.2, 0.25) is 0 Å². The second-order valence-electron chi connectivity index (χ2n) is 7.29. The average Bonchev–Trinajstić information content (AvgIpc) is 2.64. The number of aryl methyl sites for hydroxylation is 1. The van der Waals surface area contributed by atoms with Crippen molar-refractivity contribution in [2.75, 3.05) is 6.26 Å². The molecule has 0 aliphatic heterocycles. The number of carbonyl (C=O) groups excluding carboxylic acids is 1. The van der Waals surface area contributed by atoms with Crippen molar-refractivity contribution < 1.29 is 22.4 Å². The third-order valence-electron chi connectivity index (χ3n) is 4.70. The first-order valence-corrected chi connectivity index (χ1v) is 11.0. The lowest BCUT2D eigenvalue weighted by Crippen LogP contribution is -2.12. The highest BCUT2D eigenvalue weighted by atomic mass is 32.2. The highest BCUT2D eigenvalue weighted by Gasteiger charge is 2.20. The molecule has 2 aromatic carbocycles. The van der Waals surface area contributed by atoms with E-state index < -0.39 is 21.4 Å². The van der Waals surface area contributed by atoms with Gasteiger partial charge in [0.05, 0.1) is 10.5 Å². The van der Waals surface area contributed by atoms with Gasteiger partial charge < -0.3 is 9.15 Å². The Morgan fingerprint density at radius 2 is 1.83 bits per heavy atom. The van der Waals surface area contributed by atoms with Gasteiger partial charge in [-0.25, -0.2) is 18.0 Å². The number of benzene rings is 2. The minimum atomic E-state index is -3.59. The molecule has 1 heterocycles. The first kappa shape index (κ1) is 20.8. The van der Waals surface area contributed by atoms with Gasteiger partial charge in [-0.2, -0.15) is 0 Å². The molecule has 0 bridgehead atoms. The van der Waals surface area contributed by atoms with Gasteiger partial charge in [-0.3, -0.25) is 0 Å². The second-order valence-corrected chi connectivity index (χ2v) is 9.28. The molecular formula is C22H22O6S. The fourth-order valence-corrected chi connectivity index (χ4v) is 4.19. The van der Waals surface area contributed by atoms with Gasteiger partial charge >= 0.3 is 11.6 Å². The molecule has 0 unspecified atom stereocenters. The topological polar surface area (TPSA) is 90.7 Å². The molecule has 0 atom stereocenters. The fraction of sp³-hybridized carbons (Fsp3) is 0.273. The molecule has 0 spiro atoms. The number of sulfone groups is 1. The highest BCUT2D eigenvalue weighted by Crippen LogP contribution is 2.27. The molecular weight excluding hydrogens is 392 g/mol. The second kappa shape index (κ2) is 7.83. The number of ether oxygens (including phenoxy) is 1. The molecule has 29 heavy (non-hydrogen) atoms. The van der Waals surface area contributed by atoms with Crippen molar-refractivity contribution in [3.05, 3.63) is 75.1 Å². The summed E-state index contributed by atoms with van der Waals surface area (Å²) < 4.78 is 34.5. The van der Waals surface area contributed by atoms with Gasteiger partial charge in [-0.15, -0.1) is 0 Å². The van der Waals surface area contributed by atoms with E-state index >= 15 is 0 Å². The van der Waals surface area contributed by atoms with Crippen LogP contribution < -0.4 is 5.63 Å². The van der Waals surface area contributed by atoms with Crippen LogP contribution >= 0.6 is 0 Å². The summed E-state index contributed by atoms with van der Waals surface area (Å²) in [5.41, 5.74) is 2.44. The zero-order chi connectivity index (χ0) is 21.3. The molecule has 6 nitrogen and oxygen atoms in total. The Morgan fingerprint density at radius 1 is 1.14 bits per heavy atom. The van der Waals surface area contributed by atoms with E-state index in [-0.39, 0.29) is 23.0 Å². The molecule has 152 valence electrons. The molecule has 0 radical (unpaired) electrons. The van der Waals surface area contributed by atoms with Crippen molar-refractivity contribution in [2.24, 2.45) is 0 Å². The van der Waals surface area contributed by atoms with E-state index in [9.17, 15) is 18.0 Å². The molecule has 0 amide bonds. The molecule has 3 rings (SSSR count). The lowest BCUT2D eigenvalue weighted by atomic mass is 9.95. The Balaban J connectivity index is 1.98. The Kier molecular flexibility index (Phi) is 5.61. The number of rotatable bonds is 5. The SMILES string of the molecule is Cc1cc2oc(=O)cc(COC(=O)c3ccccc3S(C)(=O)=O)c2cc1C(C)C. The summed E-state index contributed by atoms with van der Waals surface area (Å²) in [5, 5.41) is 0.683. The van der Waals surface area contributed by atoms with Crippen LogP contribution in [0.3, 0.4) is 0 Å². The largest absolute Gasteiger partial charge is 0.457 e. The van der Waals surface area contributed by atoms with Crippen molar-refractivity contribution in [3.63, 3.8) is 0 Å². The highest BCUT2D eigenvalue weighted by molar-refractivity contribution is 7.90. The number of carbonyl (C=O) groups is 1. The van der Waals surface area contributed by atoms with Crippen molar-refractivity contribution in [2.45, 2.75) is 38.2 Å². The van der Waals surface area contributed by atoms with Crippen LogP contribution in [0, 0.1) is 6.92 Å². The normalized spacial score (nSPS) is 11.8. The first-order chi connectivity index (χ1) is 13.6. The van der Waals surface area contributed by atoms with Crippen LogP contribution in [0.4, 0.5) is 0 Å². The third kappa shape index (κ3) is 4.40. The van der Waals surface area contributed by atoms with Crippen molar-refractivity contribution in [1.82, 2.24) is 0 Å². The fourth-order valence-electron chi connectivity index (χ4n) is 3.31. The Morgan fingerprint density at radius 3 is 2.48 bits per heavy atom. The average molecular weight is 414 g/mol. The smallest absolute Gasteiger partial charge is 0.339 e. The molecule has 0 fully saturated rings. The lowest BCUT2D eigenvalue weighted by molar-refractivity contribution is 0.0469. The maximum absolute atomic E-state index is 12.5. The molecule has 0 aliphatic carbocycles. The first-order valence-electron chi connectivity index (χ1n) is 9.11. The van der Waals surface area contributed by atoms with E-state index in [1.54, 1.807) is 18.2 Å². The molecule has 1 aromatic heterocycles. The van der Waals surface area contributed by atoms with Crippen LogP contribution in [0.1, 0.15) is 46.8 Å². The van der Waals surface area contributed by atoms with Gasteiger partial charge in [-0.1, -0.05) is 26.0 Å². The van der Waals surface area contributed by atoms with Crippen molar-refractivity contribution >= 4 is 26.8 Å². The molecule has 0 N–H and O–H groups in total. The maximum atomic E-state index is 12.5. The Labute approximate surface area is 169 Å². The predicted molar refractivity (Wildman–Crippen MR) is 110 cm³/mol. The van der Waals surface area contributed by atoms with Gasteiger partial charge in [0.1, 0.15) is 12.2 Å². The van der Waals surface area contributed by atoms with Crippen LogP contribution in [-0.2, 0) is 21.2 Å². The van der Waals surface area contributed by atoms with Crippen LogP contribution in [-0.4, -0.2) is 20.6 Å². The standard InChI is InChI=1S/C22H22O6S/c1-13(2)17-11-18-15(10-21(23)28-19(18)9-14(17)3)12-27-22(24)16-7-5-6-8-20(16)29(4,25)26/h5-11,13H,12H2,1-4H3. The Hall–Kier alpha value is -2.93. The maximum Gasteiger partial charge on any atom is 0.339 e. The van der Waals surface area contributed by atoms with Gasteiger partial charge in [-0.05, 0) is 48.2 Å². The van der Waals surface area contributed by atoms with Gasteiger partial charge in [0, 0.05) is 23.3 Å². The zero-order valence-electron chi connectivity index (χ0n) is 16.7. The molecule has 7 heteroatoms. The third-order valence-corrected chi connectivity index (χ3v) is 5.86. The van der Waals surface area contributed by atoms with Crippen molar-refractivity contribution in [3.8, 4) is 0 Å². The molecule has 0 aliphatic rings. The predicted octanol–water partition coefficient (Wildman–Crippen LogP) is 3.99. The van der Waals surface area contributed by atoms with Gasteiger partial charge in [0.15, 0.2) is 9.84 Å². The summed E-state index contributed by atoms with van der Waals surface area (Å²) in [6, 6.07) is 10.9. The van der Waals surface area contributed by atoms with Crippen LogP contribution in [0.25, 0.3) is 11.0 Å². The minimum Gasteiger partial charge on any atom is -0.457 e. The number of hydrogen-bond donors (Lipinski definition) is 0. The zero-order valence-corrected chi connectivity index (χ0v) is 17.5. The molecule has 3 aromatic rings. The summed E-state index contributed by atoms with van der Waals surface area (Å²) in [6.45, 7) is 5.90. The molecule has 0 saturated heterocycles. The summed E-state index contributed by atoms with van der Waals surface area (Å²) in [7, 11) is -3.59. The summed E-state index contributed by atoms with van der Waals surface area (Å²) in [5.74, 6) is -0.507. The monoisotopic (exact) mass is 414 g/mol. The lowest BCUT2D eigenvalue weighted by Gasteiger charge is -2.13. The number of esters is 1. The van der Waals surface area contributed by atoms with E-state index in [2.05, 4.69) is 13.8 Å². The summed E-state index contributed by atoms with van der Waals surface area (Å²) >= 11 is 0. The van der Waals surface area contributed by atoms with E-state index in [1.165, 1.54) is 18.2 Å². The van der Waals surface area contributed by atoms with E-state index in [4.69, 9.17) is 9.15 Å². The number of hydrogen-bond acceptors (Lipinski definition) is 6. The van der Waals surface area contributed by atoms with E-state index in [0.29, 0.717) is 16.5 Å². The van der Waals surface area contributed by atoms with Crippen LogP contribution in [0.5, 0.6) is 0 Å². The summed E-state index contributed by atoms with van der Waals surface area (Å²) in [6.07, 6.45) is 1.03. The summed E-state index contributed by atoms with van der Waals surface area (Å²) in [4.78, 5) is 24.4. The number of fused-ring (bicyclic) bond motifs is 1. The van der Waals surface area contributed by atoms with E-state index in [0.717, 1.165) is 17.4 Å².